The Hall–Kier alpha value is -1.63. The molecule has 7 nitrogen and oxygen atoms in total. The molecule has 0 unspecified atom stereocenters. The predicted molar refractivity (Wildman–Crippen MR) is 83.9 cm³/mol. The molecule has 1 amide bonds. The molecule has 0 saturated heterocycles. The van der Waals surface area contributed by atoms with E-state index in [1.165, 1.54) is 0 Å². The summed E-state index contributed by atoms with van der Waals surface area (Å²) in [6.45, 7) is 8.08. The number of halogens is 1. The van der Waals surface area contributed by atoms with Gasteiger partial charge < -0.3 is 15.4 Å². The van der Waals surface area contributed by atoms with Gasteiger partial charge in [0.05, 0.1) is 5.69 Å². The van der Waals surface area contributed by atoms with Crippen molar-refractivity contribution in [2.75, 3.05) is 11.9 Å². The number of nitrogens with one attached hydrogen (secondary N) is 2. The smallest absolute Gasteiger partial charge is 0.407 e. The minimum atomic E-state index is -0.467. The fourth-order valence-electron chi connectivity index (χ4n) is 2.20. The van der Waals surface area contributed by atoms with Crippen molar-refractivity contribution in [2.24, 2.45) is 5.92 Å². The lowest BCUT2D eigenvalue weighted by atomic mass is 9.80. The molecule has 1 aromatic heterocycles. The first-order chi connectivity index (χ1) is 10.2. The topological polar surface area (TPSA) is 89.0 Å². The first-order valence-corrected chi connectivity index (χ1v) is 7.71. The van der Waals surface area contributed by atoms with E-state index in [0.717, 1.165) is 19.4 Å². The lowest BCUT2D eigenvalue weighted by Gasteiger charge is -2.36. The largest absolute Gasteiger partial charge is 0.444 e. The maximum Gasteiger partial charge on any atom is 0.407 e. The van der Waals surface area contributed by atoms with Gasteiger partial charge in [-0.2, -0.15) is 0 Å². The van der Waals surface area contributed by atoms with Crippen LogP contribution in [0.4, 0.5) is 10.7 Å². The Kier molecular flexibility index (Phi) is 5.05. The minimum absolute atomic E-state index is 0.174. The predicted octanol–water partition coefficient (Wildman–Crippen LogP) is 2.55. The van der Waals surface area contributed by atoms with Crippen molar-refractivity contribution in [3.63, 3.8) is 0 Å². The van der Waals surface area contributed by atoms with E-state index in [2.05, 4.69) is 25.8 Å². The van der Waals surface area contributed by atoms with E-state index < -0.39 is 5.60 Å². The molecule has 0 aromatic carbocycles. The van der Waals surface area contributed by atoms with Gasteiger partial charge in [0.15, 0.2) is 5.15 Å². The average Bonchev–Trinajstić information content (AvgIpc) is 2.33. The molecule has 8 heteroatoms. The van der Waals surface area contributed by atoms with Gasteiger partial charge in [0, 0.05) is 12.6 Å². The van der Waals surface area contributed by atoms with Crippen LogP contribution in [0.15, 0.2) is 0 Å². The van der Waals surface area contributed by atoms with E-state index in [4.69, 9.17) is 16.3 Å². The first kappa shape index (κ1) is 16.7. The van der Waals surface area contributed by atoms with Crippen molar-refractivity contribution in [2.45, 2.75) is 52.2 Å². The normalized spacial score (nSPS) is 21.0. The summed E-state index contributed by atoms with van der Waals surface area (Å²) in [6, 6.07) is 0.174. The number of rotatable bonds is 4. The maximum absolute atomic E-state index is 11.6. The zero-order chi connectivity index (χ0) is 16.3. The van der Waals surface area contributed by atoms with Crippen LogP contribution in [0.1, 0.15) is 39.3 Å². The summed E-state index contributed by atoms with van der Waals surface area (Å²) in [5.74, 6) is 0.949. The van der Waals surface area contributed by atoms with Crippen LogP contribution in [-0.4, -0.2) is 39.5 Å². The van der Waals surface area contributed by atoms with Crippen LogP contribution >= 0.6 is 11.6 Å². The zero-order valence-electron chi connectivity index (χ0n) is 13.3. The van der Waals surface area contributed by atoms with Crippen LogP contribution in [-0.2, 0) is 4.74 Å². The van der Waals surface area contributed by atoms with Crippen molar-refractivity contribution in [3.05, 3.63) is 10.8 Å². The van der Waals surface area contributed by atoms with Crippen LogP contribution in [0.5, 0.6) is 0 Å². The van der Waals surface area contributed by atoms with Crippen LogP contribution < -0.4 is 10.6 Å². The summed E-state index contributed by atoms with van der Waals surface area (Å²) in [5.41, 5.74) is 0.184. The molecule has 1 fully saturated rings. The molecule has 122 valence electrons. The Balaban J connectivity index is 1.67. The van der Waals surface area contributed by atoms with Gasteiger partial charge in [-0.1, -0.05) is 11.6 Å². The molecule has 0 bridgehead atoms. The number of hydrogen-bond acceptors (Lipinski definition) is 6. The first-order valence-electron chi connectivity index (χ1n) is 7.33. The van der Waals surface area contributed by atoms with Gasteiger partial charge in [-0.05, 0) is 46.5 Å². The summed E-state index contributed by atoms with van der Waals surface area (Å²) in [4.78, 5) is 15.8. The Morgan fingerprint density at radius 1 is 1.36 bits per heavy atom. The number of alkyl carbamates (subject to hydrolysis) is 1. The third-order valence-electron chi connectivity index (χ3n) is 3.31. The lowest BCUT2D eigenvalue weighted by molar-refractivity contribution is 0.0456. The van der Waals surface area contributed by atoms with Gasteiger partial charge in [0.25, 0.3) is 0 Å². The summed E-state index contributed by atoms with van der Waals surface area (Å²) < 4.78 is 5.23. The number of carbonyl (C=O) groups is 1. The average molecular weight is 328 g/mol. The van der Waals surface area contributed by atoms with Crippen molar-refractivity contribution in [3.8, 4) is 0 Å². The lowest BCUT2D eigenvalue weighted by Crippen LogP contribution is -2.47. The summed E-state index contributed by atoms with van der Waals surface area (Å²) in [7, 11) is 0. The highest BCUT2D eigenvalue weighted by molar-refractivity contribution is 6.29. The SMILES string of the molecule is Cc1nc(NC[C@H]2C[C@H](NC(=O)OC(C)(C)C)C2)nnc1Cl. The Labute approximate surface area is 135 Å². The quantitative estimate of drug-likeness (QED) is 0.883. The summed E-state index contributed by atoms with van der Waals surface area (Å²) in [6.07, 6.45) is 1.46. The Bertz CT molecular complexity index is 541. The van der Waals surface area contributed by atoms with Gasteiger partial charge in [0.1, 0.15) is 5.60 Å². The van der Waals surface area contributed by atoms with E-state index in [9.17, 15) is 4.79 Å². The molecule has 1 saturated carbocycles. The Morgan fingerprint density at radius 3 is 2.64 bits per heavy atom. The standard InChI is InChI=1S/C14H22ClN5O2/c1-8-11(15)19-20-12(17-8)16-7-9-5-10(6-9)18-13(21)22-14(2,3)4/h9-10H,5-7H2,1-4H3,(H,18,21)(H,16,17,20)/t9-,10-. The number of hydrogen-bond donors (Lipinski definition) is 2. The van der Waals surface area contributed by atoms with Crippen LogP contribution in [0.2, 0.25) is 5.15 Å². The molecular formula is C14H22ClN5O2. The van der Waals surface area contributed by atoms with E-state index >= 15 is 0 Å². The van der Waals surface area contributed by atoms with E-state index in [1.54, 1.807) is 6.92 Å². The number of carbonyl (C=O) groups excluding carboxylic acids is 1. The van der Waals surface area contributed by atoms with Crippen LogP contribution in [0, 0.1) is 12.8 Å². The summed E-state index contributed by atoms with van der Waals surface area (Å²) in [5, 5.41) is 14.0. The van der Waals surface area contributed by atoms with E-state index in [0.29, 0.717) is 22.7 Å². The molecule has 0 spiro atoms. The minimum Gasteiger partial charge on any atom is -0.444 e. The van der Waals surface area contributed by atoms with Gasteiger partial charge in [0.2, 0.25) is 5.95 Å². The van der Waals surface area contributed by atoms with Gasteiger partial charge in [-0.3, -0.25) is 0 Å². The molecule has 0 radical (unpaired) electrons. The van der Waals surface area contributed by atoms with Gasteiger partial charge in [-0.15, -0.1) is 10.2 Å². The molecule has 22 heavy (non-hydrogen) atoms. The van der Waals surface area contributed by atoms with Crippen molar-refractivity contribution < 1.29 is 9.53 Å². The molecular weight excluding hydrogens is 306 g/mol. The van der Waals surface area contributed by atoms with Gasteiger partial charge in [-0.25, -0.2) is 9.78 Å². The molecule has 1 heterocycles. The van der Waals surface area contributed by atoms with Crippen molar-refractivity contribution in [1.29, 1.82) is 0 Å². The number of nitrogens with zero attached hydrogens (tertiary/aromatic N) is 3. The van der Waals surface area contributed by atoms with Crippen LogP contribution in [0.25, 0.3) is 0 Å². The number of ether oxygens (including phenoxy) is 1. The molecule has 1 aliphatic carbocycles. The zero-order valence-corrected chi connectivity index (χ0v) is 14.1. The highest BCUT2D eigenvalue weighted by atomic mass is 35.5. The highest BCUT2D eigenvalue weighted by Gasteiger charge is 2.31. The molecule has 1 aliphatic rings. The second-order valence-electron chi connectivity index (χ2n) is 6.57. The monoisotopic (exact) mass is 327 g/mol. The van der Waals surface area contributed by atoms with E-state index in [-0.39, 0.29) is 12.1 Å². The molecule has 1 aromatic rings. The third kappa shape index (κ3) is 4.98. The molecule has 2 rings (SSSR count). The fraction of sp³-hybridized carbons (Fsp3) is 0.714. The number of aryl methyl sites for hydroxylation is 1. The number of aromatic nitrogens is 3. The number of anilines is 1. The van der Waals surface area contributed by atoms with E-state index in [1.807, 2.05) is 20.8 Å². The summed E-state index contributed by atoms with van der Waals surface area (Å²) >= 11 is 5.78. The van der Waals surface area contributed by atoms with Crippen LogP contribution in [0.3, 0.4) is 0 Å². The maximum atomic E-state index is 11.6. The fourth-order valence-corrected chi connectivity index (χ4v) is 2.28. The van der Waals surface area contributed by atoms with Crippen molar-refractivity contribution >= 4 is 23.6 Å². The second kappa shape index (κ2) is 6.64. The highest BCUT2D eigenvalue weighted by Crippen LogP contribution is 2.27. The Morgan fingerprint density at radius 2 is 2.05 bits per heavy atom. The third-order valence-corrected chi connectivity index (χ3v) is 3.66. The number of amides is 1. The molecule has 0 aliphatic heterocycles. The van der Waals surface area contributed by atoms with Gasteiger partial charge >= 0.3 is 6.09 Å². The second-order valence-corrected chi connectivity index (χ2v) is 6.93. The van der Waals surface area contributed by atoms with Crippen molar-refractivity contribution in [1.82, 2.24) is 20.5 Å². The molecule has 0 atom stereocenters. The molecule has 2 N–H and O–H groups in total.